The maximum Gasteiger partial charge on any atom is 0.319 e. The van der Waals surface area contributed by atoms with Crippen molar-refractivity contribution < 1.29 is 24.2 Å². The first-order valence-corrected chi connectivity index (χ1v) is 6.43. The average molecular weight is 349 g/mol. The minimum absolute atomic E-state index is 0.232. The molecule has 0 aliphatic heterocycles. The highest BCUT2D eigenvalue weighted by molar-refractivity contribution is 9.10. The summed E-state index contributed by atoms with van der Waals surface area (Å²) in [5.41, 5.74) is -1.20. The number of carbonyl (C=O) groups excluding carboxylic acids is 1. The first-order chi connectivity index (χ1) is 9.19. The molecule has 0 spiro atoms. The van der Waals surface area contributed by atoms with Crippen LogP contribution in [0.4, 0.5) is 14.9 Å². The lowest BCUT2D eigenvalue weighted by Crippen LogP contribution is -2.43. The first kappa shape index (κ1) is 16.4. The Morgan fingerprint density at radius 2 is 2.10 bits per heavy atom. The van der Waals surface area contributed by atoms with E-state index in [1.807, 2.05) is 0 Å². The summed E-state index contributed by atoms with van der Waals surface area (Å²) < 4.78 is 13.2. The van der Waals surface area contributed by atoms with Crippen LogP contribution in [0, 0.1) is 5.82 Å². The van der Waals surface area contributed by atoms with Crippen LogP contribution in [0.5, 0.6) is 0 Å². The van der Waals surface area contributed by atoms with Crippen LogP contribution in [0.1, 0.15) is 13.3 Å². The number of hydrogen-bond donors (Lipinski definition) is 4. The number of amides is 2. The summed E-state index contributed by atoms with van der Waals surface area (Å²) in [6.07, 6.45) is -0.493. The Balaban J connectivity index is 2.54. The van der Waals surface area contributed by atoms with Gasteiger partial charge in [0.2, 0.25) is 0 Å². The SMILES string of the molecule is CC(O)(CNC(=O)Nc1ccc(F)cc1Br)CC(=O)O. The van der Waals surface area contributed by atoms with Gasteiger partial charge in [0.1, 0.15) is 5.82 Å². The van der Waals surface area contributed by atoms with Gasteiger partial charge in [0, 0.05) is 11.0 Å². The van der Waals surface area contributed by atoms with Crippen LogP contribution >= 0.6 is 15.9 Å². The van der Waals surface area contributed by atoms with Gasteiger partial charge in [0.05, 0.1) is 17.7 Å². The van der Waals surface area contributed by atoms with Crippen LogP contribution in [0.2, 0.25) is 0 Å². The normalized spacial score (nSPS) is 13.4. The van der Waals surface area contributed by atoms with Crippen molar-refractivity contribution in [3.63, 3.8) is 0 Å². The highest BCUT2D eigenvalue weighted by Crippen LogP contribution is 2.22. The zero-order valence-corrected chi connectivity index (χ0v) is 12.2. The van der Waals surface area contributed by atoms with Gasteiger partial charge >= 0.3 is 12.0 Å². The molecule has 0 heterocycles. The van der Waals surface area contributed by atoms with Gasteiger partial charge in [-0.15, -0.1) is 0 Å². The monoisotopic (exact) mass is 348 g/mol. The molecule has 0 saturated carbocycles. The summed E-state index contributed by atoms with van der Waals surface area (Å²) in [6, 6.07) is 3.11. The smallest absolute Gasteiger partial charge is 0.319 e. The van der Waals surface area contributed by atoms with Crippen molar-refractivity contribution in [1.82, 2.24) is 5.32 Å². The maximum atomic E-state index is 12.9. The van der Waals surface area contributed by atoms with E-state index >= 15 is 0 Å². The number of nitrogens with one attached hydrogen (secondary N) is 2. The van der Waals surface area contributed by atoms with Crippen molar-refractivity contribution in [3.8, 4) is 0 Å². The number of hydrogen-bond acceptors (Lipinski definition) is 3. The molecule has 1 aromatic carbocycles. The van der Waals surface area contributed by atoms with E-state index in [9.17, 15) is 19.1 Å². The summed E-state index contributed by atoms with van der Waals surface area (Å²) >= 11 is 3.09. The fourth-order valence-electron chi connectivity index (χ4n) is 1.42. The number of carboxylic acids is 1. The van der Waals surface area contributed by atoms with E-state index in [4.69, 9.17) is 5.11 Å². The number of urea groups is 1. The Kier molecular flexibility index (Phi) is 5.46. The molecule has 0 aliphatic carbocycles. The van der Waals surface area contributed by atoms with E-state index in [0.29, 0.717) is 10.2 Å². The van der Waals surface area contributed by atoms with Crippen LogP contribution in [-0.4, -0.2) is 34.4 Å². The summed E-state index contributed by atoms with van der Waals surface area (Å²) in [7, 11) is 0. The molecular weight excluding hydrogens is 335 g/mol. The number of carboxylic acid groups (broad SMARTS) is 1. The lowest BCUT2D eigenvalue weighted by atomic mass is 10.0. The van der Waals surface area contributed by atoms with E-state index in [1.165, 1.54) is 25.1 Å². The lowest BCUT2D eigenvalue weighted by molar-refractivity contribution is -0.141. The molecule has 1 atom stereocenters. The second-order valence-corrected chi connectivity index (χ2v) is 5.35. The zero-order chi connectivity index (χ0) is 15.3. The third-order valence-corrected chi connectivity index (χ3v) is 3.00. The maximum absolute atomic E-state index is 12.9. The van der Waals surface area contributed by atoms with Gasteiger partial charge < -0.3 is 20.8 Å². The van der Waals surface area contributed by atoms with E-state index < -0.39 is 29.8 Å². The highest BCUT2D eigenvalue weighted by Gasteiger charge is 2.24. The largest absolute Gasteiger partial charge is 0.481 e. The fourth-order valence-corrected chi connectivity index (χ4v) is 1.87. The van der Waals surface area contributed by atoms with Crippen molar-refractivity contribution in [1.29, 1.82) is 0 Å². The molecule has 4 N–H and O–H groups in total. The molecule has 1 rings (SSSR count). The second kappa shape index (κ2) is 6.67. The van der Waals surface area contributed by atoms with Crippen molar-refractivity contribution >= 4 is 33.6 Å². The van der Waals surface area contributed by atoms with Gasteiger partial charge in [0.15, 0.2) is 0 Å². The van der Waals surface area contributed by atoms with Crippen molar-refractivity contribution in [3.05, 3.63) is 28.5 Å². The molecule has 20 heavy (non-hydrogen) atoms. The van der Waals surface area contributed by atoms with Crippen molar-refractivity contribution in [2.75, 3.05) is 11.9 Å². The molecule has 1 aromatic rings. The summed E-state index contributed by atoms with van der Waals surface area (Å²) in [5.74, 6) is -1.62. The predicted octanol–water partition coefficient (Wildman–Crippen LogP) is 1.94. The molecule has 8 heteroatoms. The predicted molar refractivity (Wildman–Crippen MR) is 74.0 cm³/mol. The Hall–Kier alpha value is -1.67. The number of anilines is 1. The first-order valence-electron chi connectivity index (χ1n) is 5.64. The molecule has 0 radical (unpaired) electrons. The molecule has 0 aromatic heterocycles. The molecule has 0 bridgehead atoms. The van der Waals surface area contributed by atoms with Gasteiger partial charge in [-0.2, -0.15) is 0 Å². The quantitative estimate of drug-likeness (QED) is 0.653. The molecule has 1 unspecified atom stereocenters. The van der Waals surface area contributed by atoms with E-state index in [-0.39, 0.29) is 6.54 Å². The average Bonchev–Trinajstić information content (AvgIpc) is 2.29. The van der Waals surface area contributed by atoms with Crippen molar-refractivity contribution in [2.24, 2.45) is 0 Å². The molecule has 110 valence electrons. The van der Waals surface area contributed by atoms with E-state index in [2.05, 4.69) is 26.6 Å². The van der Waals surface area contributed by atoms with E-state index in [0.717, 1.165) is 0 Å². The van der Waals surface area contributed by atoms with Gasteiger partial charge in [-0.3, -0.25) is 4.79 Å². The summed E-state index contributed by atoms with van der Waals surface area (Å²) in [4.78, 5) is 22.1. The van der Waals surface area contributed by atoms with Crippen molar-refractivity contribution in [2.45, 2.75) is 18.9 Å². The van der Waals surface area contributed by atoms with Gasteiger partial charge in [-0.1, -0.05) is 0 Å². The number of aliphatic hydroxyl groups is 1. The summed E-state index contributed by atoms with van der Waals surface area (Å²) in [5, 5.41) is 23.1. The number of rotatable bonds is 5. The minimum atomic E-state index is -1.55. The third kappa shape index (κ3) is 5.54. The molecule has 0 fully saturated rings. The van der Waals surface area contributed by atoms with Crippen LogP contribution in [-0.2, 0) is 4.79 Å². The Bertz CT molecular complexity index is 522. The molecule has 0 saturated heterocycles. The molecule has 0 aliphatic rings. The Labute approximate surface area is 123 Å². The minimum Gasteiger partial charge on any atom is -0.481 e. The standard InChI is InChI=1S/C12H14BrFN2O4/c1-12(20,5-10(17)18)6-15-11(19)16-9-3-2-7(14)4-8(9)13/h2-4,20H,5-6H2,1H3,(H,17,18)(H2,15,16,19). The topological polar surface area (TPSA) is 98.7 Å². The van der Waals surface area contributed by atoms with Crippen LogP contribution < -0.4 is 10.6 Å². The lowest BCUT2D eigenvalue weighted by Gasteiger charge is -2.21. The van der Waals surface area contributed by atoms with Crippen LogP contribution in [0.25, 0.3) is 0 Å². The number of aliphatic carboxylic acids is 1. The second-order valence-electron chi connectivity index (χ2n) is 4.50. The van der Waals surface area contributed by atoms with Gasteiger partial charge in [-0.05, 0) is 41.1 Å². The molecule has 6 nitrogen and oxygen atoms in total. The fraction of sp³-hybridized carbons (Fsp3) is 0.333. The van der Waals surface area contributed by atoms with E-state index in [1.54, 1.807) is 0 Å². The van der Waals surface area contributed by atoms with Gasteiger partial charge in [0.25, 0.3) is 0 Å². The molecular formula is C12H14BrFN2O4. The summed E-state index contributed by atoms with van der Waals surface area (Å²) in [6.45, 7) is 1.07. The van der Waals surface area contributed by atoms with Crippen LogP contribution in [0.3, 0.4) is 0 Å². The highest BCUT2D eigenvalue weighted by atomic mass is 79.9. The Morgan fingerprint density at radius 1 is 1.45 bits per heavy atom. The zero-order valence-electron chi connectivity index (χ0n) is 10.6. The Morgan fingerprint density at radius 3 is 2.65 bits per heavy atom. The number of benzene rings is 1. The van der Waals surface area contributed by atoms with Crippen LogP contribution in [0.15, 0.2) is 22.7 Å². The van der Waals surface area contributed by atoms with Gasteiger partial charge in [-0.25, -0.2) is 9.18 Å². The number of halogens is 2. The molecule has 2 amide bonds. The number of carbonyl (C=O) groups is 2. The third-order valence-electron chi connectivity index (χ3n) is 2.34.